The van der Waals surface area contributed by atoms with Crippen molar-refractivity contribution in [2.75, 3.05) is 26.1 Å². The van der Waals surface area contributed by atoms with Gasteiger partial charge in [0.25, 0.3) is 0 Å². The second kappa shape index (κ2) is 5.18. The van der Waals surface area contributed by atoms with E-state index in [-0.39, 0.29) is 6.04 Å². The van der Waals surface area contributed by atoms with Crippen LogP contribution in [0.2, 0.25) is 0 Å². The molecule has 0 aliphatic heterocycles. The van der Waals surface area contributed by atoms with Crippen molar-refractivity contribution in [3.05, 3.63) is 6.33 Å². The van der Waals surface area contributed by atoms with Gasteiger partial charge >= 0.3 is 0 Å². The number of nitrogens with two attached hydrogens (primary N) is 1. The fourth-order valence-electron chi connectivity index (χ4n) is 1.85. The Morgan fingerprint density at radius 2 is 2.22 bits per heavy atom. The molecule has 0 aliphatic rings. The van der Waals surface area contributed by atoms with Crippen LogP contribution < -0.4 is 10.5 Å². The molecule has 7 heteroatoms. The van der Waals surface area contributed by atoms with Crippen LogP contribution in [-0.2, 0) is 4.74 Å². The minimum absolute atomic E-state index is 0.0505. The third kappa shape index (κ3) is 2.08. The average molecular weight is 251 g/mol. The summed E-state index contributed by atoms with van der Waals surface area (Å²) in [6.07, 6.45) is 1.44. The van der Waals surface area contributed by atoms with Crippen LogP contribution in [0.4, 0.5) is 5.95 Å². The van der Waals surface area contributed by atoms with E-state index in [2.05, 4.69) is 15.0 Å². The molecule has 2 N–H and O–H groups in total. The van der Waals surface area contributed by atoms with Crippen LogP contribution in [-0.4, -0.2) is 39.8 Å². The first-order valence-corrected chi connectivity index (χ1v) is 5.79. The quantitative estimate of drug-likeness (QED) is 0.853. The number of hydrogen-bond acceptors (Lipinski definition) is 6. The zero-order valence-electron chi connectivity index (χ0n) is 10.8. The van der Waals surface area contributed by atoms with Gasteiger partial charge in [-0.1, -0.05) is 0 Å². The first-order chi connectivity index (χ1) is 8.69. The lowest BCUT2D eigenvalue weighted by atomic mass is 10.3. The first-order valence-electron chi connectivity index (χ1n) is 5.79. The highest BCUT2D eigenvalue weighted by Gasteiger charge is 2.18. The minimum atomic E-state index is 0.0505. The molecule has 18 heavy (non-hydrogen) atoms. The Hall–Kier alpha value is -1.89. The number of fused-ring (bicyclic) bond motifs is 1. The lowest BCUT2D eigenvalue weighted by Crippen LogP contribution is -2.15. The molecule has 2 aromatic rings. The molecule has 7 nitrogen and oxygen atoms in total. The Labute approximate surface area is 105 Å². The fraction of sp³-hybridized carbons (Fsp3) is 0.545. The first kappa shape index (κ1) is 12.6. The van der Waals surface area contributed by atoms with Crippen molar-refractivity contribution < 1.29 is 9.47 Å². The Morgan fingerprint density at radius 3 is 2.89 bits per heavy atom. The van der Waals surface area contributed by atoms with Gasteiger partial charge in [-0.3, -0.25) is 4.57 Å². The summed E-state index contributed by atoms with van der Waals surface area (Å²) in [5.41, 5.74) is 7.15. The molecule has 0 aliphatic carbocycles. The Balaban J connectivity index is 2.47. The molecule has 98 valence electrons. The summed E-state index contributed by atoms with van der Waals surface area (Å²) in [5, 5.41) is 0. The lowest BCUT2D eigenvalue weighted by Gasteiger charge is -2.14. The number of rotatable bonds is 5. The van der Waals surface area contributed by atoms with E-state index in [9.17, 15) is 0 Å². The molecule has 1 unspecified atom stereocenters. The number of aromatic nitrogens is 4. The summed E-state index contributed by atoms with van der Waals surface area (Å²) in [7, 11) is 1.54. The minimum Gasteiger partial charge on any atom is -0.479 e. The molecule has 0 saturated carbocycles. The predicted molar refractivity (Wildman–Crippen MR) is 67.5 cm³/mol. The summed E-state index contributed by atoms with van der Waals surface area (Å²) < 4.78 is 12.4. The summed E-state index contributed by atoms with van der Waals surface area (Å²) in [5.74, 6) is 0.810. The van der Waals surface area contributed by atoms with Crippen LogP contribution in [0, 0.1) is 0 Å². The third-order valence-electron chi connectivity index (χ3n) is 2.67. The van der Waals surface area contributed by atoms with E-state index in [0.29, 0.717) is 36.2 Å². The maximum absolute atomic E-state index is 5.92. The standard InChI is InChI=1S/C11H17N5O2/c1-4-18-5-7(2)16-9-8(15-11(16)12)10(17-3)14-6-13-9/h6-7H,4-5H2,1-3H3,(H2,12,15). The maximum atomic E-state index is 5.92. The largest absolute Gasteiger partial charge is 0.479 e. The second-order valence-electron chi connectivity index (χ2n) is 3.90. The molecular formula is C11H17N5O2. The maximum Gasteiger partial charge on any atom is 0.245 e. The van der Waals surface area contributed by atoms with Crippen molar-refractivity contribution in [1.82, 2.24) is 19.5 Å². The van der Waals surface area contributed by atoms with E-state index in [1.165, 1.54) is 6.33 Å². The zero-order valence-corrected chi connectivity index (χ0v) is 10.8. The van der Waals surface area contributed by atoms with Crippen LogP contribution in [0.1, 0.15) is 19.9 Å². The SMILES string of the molecule is CCOCC(C)n1c(N)nc2c(OC)ncnc21. The smallest absolute Gasteiger partial charge is 0.245 e. The van der Waals surface area contributed by atoms with Crippen molar-refractivity contribution in [3.63, 3.8) is 0 Å². The van der Waals surface area contributed by atoms with E-state index >= 15 is 0 Å². The number of anilines is 1. The molecule has 0 spiro atoms. The van der Waals surface area contributed by atoms with Gasteiger partial charge in [-0.25, -0.2) is 9.97 Å². The normalized spacial score (nSPS) is 12.8. The third-order valence-corrected chi connectivity index (χ3v) is 2.67. The van der Waals surface area contributed by atoms with Gasteiger partial charge < -0.3 is 15.2 Å². The Bertz CT molecular complexity index is 539. The number of nitrogens with zero attached hydrogens (tertiary/aromatic N) is 4. The molecule has 0 amide bonds. The van der Waals surface area contributed by atoms with Gasteiger partial charge in [-0.05, 0) is 13.8 Å². The second-order valence-corrected chi connectivity index (χ2v) is 3.90. The van der Waals surface area contributed by atoms with E-state index < -0.39 is 0 Å². The number of nitrogen functional groups attached to an aromatic ring is 1. The van der Waals surface area contributed by atoms with E-state index in [0.717, 1.165) is 0 Å². The highest BCUT2D eigenvalue weighted by atomic mass is 16.5. The molecule has 0 saturated heterocycles. The van der Waals surface area contributed by atoms with Gasteiger partial charge in [0.05, 0.1) is 19.8 Å². The number of methoxy groups -OCH3 is 1. The van der Waals surface area contributed by atoms with Crippen LogP contribution in [0.15, 0.2) is 6.33 Å². The molecule has 2 aromatic heterocycles. The molecular weight excluding hydrogens is 234 g/mol. The van der Waals surface area contributed by atoms with Crippen molar-refractivity contribution in [3.8, 4) is 5.88 Å². The van der Waals surface area contributed by atoms with Gasteiger partial charge in [-0.15, -0.1) is 0 Å². The summed E-state index contributed by atoms with van der Waals surface area (Å²) in [6, 6.07) is 0.0505. The van der Waals surface area contributed by atoms with Crippen molar-refractivity contribution >= 4 is 17.1 Å². The van der Waals surface area contributed by atoms with Crippen molar-refractivity contribution in [2.24, 2.45) is 0 Å². The molecule has 0 bridgehead atoms. The highest BCUT2D eigenvalue weighted by Crippen LogP contribution is 2.25. The molecule has 0 aromatic carbocycles. The monoisotopic (exact) mass is 251 g/mol. The highest BCUT2D eigenvalue weighted by molar-refractivity contribution is 5.79. The number of ether oxygens (including phenoxy) is 2. The van der Waals surface area contributed by atoms with Gasteiger partial charge in [0.1, 0.15) is 6.33 Å². The molecule has 2 heterocycles. The van der Waals surface area contributed by atoms with Gasteiger partial charge in [0.2, 0.25) is 11.8 Å². The zero-order chi connectivity index (χ0) is 13.1. The average Bonchev–Trinajstić information content (AvgIpc) is 2.71. The summed E-state index contributed by atoms with van der Waals surface area (Å²) in [4.78, 5) is 12.5. The van der Waals surface area contributed by atoms with Gasteiger partial charge in [0.15, 0.2) is 11.2 Å². The lowest BCUT2D eigenvalue weighted by molar-refractivity contribution is 0.120. The van der Waals surface area contributed by atoms with Crippen LogP contribution in [0.5, 0.6) is 5.88 Å². The van der Waals surface area contributed by atoms with Gasteiger partial charge in [-0.2, -0.15) is 4.98 Å². The summed E-state index contributed by atoms with van der Waals surface area (Å²) >= 11 is 0. The van der Waals surface area contributed by atoms with Crippen LogP contribution >= 0.6 is 0 Å². The van der Waals surface area contributed by atoms with Crippen LogP contribution in [0.3, 0.4) is 0 Å². The molecule has 1 atom stereocenters. The van der Waals surface area contributed by atoms with E-state index in [4.69, 9.17) is 15.2 Å². The van der Waals surface area contributed by atoms with E-state index in [1.54, 1.807) is 7.11 Å². The van der Waals surface area contributed by atoms with Crippen LogP contribution in [0.25, 0.3) is 11.2 Å². The fourth-order valence-corrected chi connectivity index (χ4v) is 1.85. The number of imidazole rings is 1. The Morgan fingerprint density at radius 1 is 1.44 bits per heavy atom. The predicted octanol–water partition coefficient (Wildman–Crippen LogP) is 1.01. The molecule has 2 rings (SSSR count). The van der Waals surface area contributed by atoms with Gasteiger partial charge in [0, 0.05) is 6.61 Å². The van der Waals surface area contributed by atoms with Crippen molar-refractivity contribution in [2.45, 2.75) is 19.9 Å². The van der Waals surface area contributed by atoms with E-state index in [1.807, 2.05) is 18.4 Å². The van der Waals surface area contributed by atoms with Crippen molar-refractivity contribution in [1.29, 1.82) is 0 Å². The molecule has 0 radical (unpaired) electrons. The number of hydrogen-bond donors (Lipinski definition) is 1. The Kier molecular flexibility index (Phi) is 3.61. The summed E-state index contributed by atoms with van der Waals surface area (Å²) in [6.45, 7) is 5.17. The topological polar surface area (TPSA) is 88.1 Å². The molecule has 0 fully saturated rings.